The van der Waals surface area contributed by atoms with E-state index in [1.165, 1.54) is 16.4 Å². The molecule has 0 N–H and O–H groups in total. The van der Waals surface area contributed by atoms with E-state index < -0.39 is 10.0 Å². The van der Waals surface area contributed by atoms with Crippen molar-refractivity contribution >= 4 is 15.7 Å². The number of aromatic nitrogens is 1. The van der Waals surface area contributed by atoms with Crippen LogP contribution in [-0.4, -0.2) is 25.7 Å². The van der Waals surface area contributed by atoms with Crippen molar-refractivity contribution in [2.75, 3.05) is 16.6 Å². The lowest BCUT2D eigenvalue weighted by Crippen LogP contribution is -2.32. The van der Waals surface area contributed by atoms with E-state index in [1.807, 2.05) is 6.07 Å². The Morgan fingerprint density at radius 3 is 2.95 bits per heavy atom. The lowest BCUT2D eigenvalue weighted by atomic mass is 10.2. The second-order valence-corrected chi connectivity index (χ2v) is 7.04. The van der Waals surface area contributed by atoms with Gasteiger partial charge in [0.1, 0.15) is 5.82 Å². The predicted octanol–water partition coefficient (Wildman–Crippen LogP) is 2.16. The predicted molar refractivity (Wildman–Crippen MR) is 79.2 cm³/mol. The molecule has 1 aromatic heterocycles. The second-order valence-electron chi connectivity index (χ2n) is 5.02. The van der Waals surface area contributed by atoms with Crippen LogP contribution in [0, 0.1) is 5.82 Å². The molecule has 0 unspecified atom stereocenters. The number of hydrogen-bond donors (Lipinski definition) is 0. The average Bonchev–Trinajstić information content (AvgIpc) is 2.90. The van der Waals surface area contributed by atoms with Crippen molar-refractivity contribution in [1.29, 1.82) is 0 Å². The van der Waals surface area contributed by atoms with Gasteiger partial charge in [-0.1, -0.05) is 12.1 Å². The summed E-state index contributed by atoms with van der Waals surface area (Å²) in [5.41, 5.74) is 2.35. The van der Waals surface area contributed by atoms with Crippen LogP contribution in [0.4, 0.5) is 10.1 Å². The zero-order valence-corrected chi connectivity index (χ0v) is 12.2. The molecule has 0 atom stereocenters. The van der Waals surface area contributed by atoms with Crippen LogP contribution < -0.4 is 4.31 Å². The highest BCUT2D eigenvalue weighted by Crippen LogP contribution is 2.29. The van der Waals surface area contributed by atoms with Gasteiger partial charge in [-0.15, -0.1) is 0 Å². The maximum Gasteiger partial charge on any atom is 0.235 e. The lowest BCUT2D eigenvalue weighted by molar-refractivity contribution is 0.591. The molecule has 21 heavy (non-hydrogen) atoms. The third-order valence-electron chi connectivity index (χ3n) is 3.61. The maximum absolute atomic E-state index is 13.1. The number of rotatable bonds is 4. The van der Waals surface area contributed by atoms with Crippen molar-refractivity contribution in [3.05, 3.63) is 59.7 Å². The molecule has 0 aliphatic carbocycles. The molecular weight excluding hydrogens is 291 g/mol. The maximum atomic E-state index is 13.1. The van der Waals surface area contributed by atoms with E-state index in [9.17, 15) is 12.8 Å². The topological polar surface area (TPSA) is 50.3 Å². The number of sulfonamides is 1. The van der Waals surface area contributed by atoms with Gasteiger partial charge in [-0.3, -0.25) is 9.29 Å². The van der Waals surface area contributed by atoms with Crippen LogP contribution in [0.15, 0.2) is 42.7 Å². The van der Waals surface area contributed by atoms with Crippen LogP contribution in [0.1, 0.15) is 11.1 Å². The first kappa shape index (κ1) is 14.0. The molecule has 0 radical (unpaired) electrons. The van der Waals surface area contributed by atoms with E-state index in [0.29, 0.717) is 30.6 Å². The largest absolute Gasteiger partial charge is 0.268 e. The Labute approximate surface area is 123 Å². The fourth-order valence-electron chi connectivity index (χ4n) is 2.53. The van der Waals surface area contributed by atoms with Gasteiger partial charge in [-0.05, 0) is 42.2 Å². The smallest absolute Gasteiger partial charge is 0.235 e. The molecule has 3 rings (SSSR count). The summed E-state index contributed by atoms with van der Waals surface area (Å²) in [5, 5.41) is 0. The minimum Gasteiger partial charge on any atom is -0.268 e. The zero-order valence-electron chi connectivity index (χ0n) is 11.4. The first-order chi connectivity index (χ1) is 10.1. The van der Waals surface area contributed by atoms with Gasteiger partial charge >= 0.3 is 0 Å². The summed E-state index contributed by atoms with van der Waals surface area (Å²) in [6.45, 7) is 0.451. The van der Waals surface area contributed by atoms with Crippen LogP contribution >= 0.6 is 0 Å². The summed E-state index contributed by atoms with van der Waals surface area (Å²) in [6.07, 6.45) is 4.26. The minimum absolute atomic E-state index is 0.0369. The van der Waals surface area contributed by atoms with Crippen LogP contribution in [-0.2, 0) is 22.9 Å². The zero-order chi connectivity index (χ0) is 14.9. The van der Waals surface area contributed by atoms with Gasteiger partial charge in [0.25, 0.3) is 0 Å². The first-order valence-corrected chi connectivity index (χ1v) is 8.35. The molecule has 1 aliphatic rings. The quantitative estimate of drug-likeness (QED) is 0.870. The van der Waals surface area contributed by atoms with Crippen LogP contribution in [0.3, 0.4) is 0 Å². The van der Waals surface area contributed by atoms with Crippen molar-refractivity contribution in [1.82, 2.24) is 4.98 Å². The second kappa shape index (κ2) is 5.44. The van der Waals surface area contributed by atoms with Gasteiger partial charge in [0.2, 0.25) is 10.0 Å². The van der Waals surface area contributed by atoms with E-state index in [-0.39, 0.29) is 11.6 Å². The van der Waals surface area contributed by atoms with Gasteiger partial charge in [0.15, 0.2) is 0 Å². The van der Waals surface area contributed by atoms with Crippen LogP contribution in [0.5, 0.6) is 0 Å². The Balaban J connectivity index is 1.76. The summed E-state index contributed by atoms with van der Waals surface area (Å²) in [6, 6.07) is 7.89. The monoisotopic (exact) mass is 306 g/mol. The number of halogens is 1. The molecule has 2 aromatic rings. The molecule has 110 valence electrons. The SMILES string of the molecule is O=S(=O)(CCc1cccc(F)c1)N1CCc2ccncc21. The fraction of sp³-hybridized carbons (Fsp3) is 0.267. The average molecular weight is 306 g/mol. The number of benzene rings is 1. The third-order valence-corrected chi connectivity index (χ3v) is 5.38. The fourth-order valence-corrected chi connectivity index (χ4v) is 4.08. The van der Waals surface area contributed by atoms with Gasteiger partial charge < -0.3 is 0 Å². The summed E-state index contributed by atoms with van der Waals surface area (Å²) >= 11 is 0. The lowest BCUT2D eigenvalue weighted by Gasteiger charge is -2.19. The molecule has 0 saturated heterocycles. The first-order valence-electron chi connectivity index (χ1n) is 6.74. The molecule has 0 fully saturated rings. The molecule has 1 aromatic carbocycles. The molecule has 4 nitrogen and oxygen atoms in total. The normalized spacial score (nSPS) is 14.2. The van der Waals surface area contributed by atoms with Gasteiger partial charge in [-0.2, -0.15) is 0 Å². The molecule has 2 heterocycles. The van der Waals surface area contributed by atoms with E-state index in [0.717, 1.165) is 5.56 Å². The molecule has 0 amide bonds. The van der Waals surface area contributed by atoms with Crippen molar-refractivity contribution in [2.45, 2.75) is 12.8 Å². The van der Waals surface area contributed by atoms with Crippen LogP contribution in [0.2, 0.25) is 0 Å². The highest BCUT2D eigenvalue weighted by atomic mass is 32.2. The molecule has 6 heteroatoms. The Hall–Kier alpha value is -1.95. The van der Waals surface area contributed by atoms with E-state index >= 15 is 0 Å². The van der Waals surface area contributed by atoms with Crippen LogP contribution in [0.25, 0.3) is 0 Å². The molecule has 0 bridgehead atoms. The van der Waals surface area contributed by atoms with Gasteiger partial charge in [0.05, 0.1) is 17.6 Å². The number of pyridine rings is 1. The Kier molecular flexibility index (Phi) is 3.63. The highest BCUT2D eigenvalue weighted by molar-refractivity contribution is 7.92. The summed E-state index contributed by atoms with van der Waals surface area (Å²) < 4.78 is 39.4. The Morgan fingerprint density at radius 1 is 1.29 bits per heavy atom. The molecule has 0 spiro atoms. The molecular formula is C15H15FN2O2S. The number of nitrogens with zero attached hydrogens (tertiary/aromatic N) is 2. The number of fused-ring (bicyclic) bond motifs is 1. The van der Waals surface area contributed by atoms with E-state index in [4.69, 9.17) is 0 Å². The van der Waals surface area contributed by atoms with E-state index in [1.54, 1.807) is 24.5 Å². The number of hydrogen-bond acceptors (Lipinski definition) is 3. The summed E-state index contributed by atoms with van der Waals surface area (Å²) in [5.74, 6) is -0.384. The third kappa shape index (κ3) is 2.90. The number of aryl methyl sites for hydroxylation is 1. The van der Waals surface area contributed by atoms with Gasteiger partial charge in [-0.25, -0.2) is 12.8 Å². The minimum atomic E-state index is -3.41. The van der Waals surface area contributed by atoms with Crippen molar-refractivity contribution < 1.29 is 12.8 Å². The van der Waals surface area contributed by atoms with Crippen molar-refractivity contribution in [2.24, 2.45) is 0 Å². The van der Waals surface area contributed by atoms with Crippen molar-refractivity contribution in [3.8, 4) is 0 Å². The Bertz CT molecular complexity index is 762. The van der Waals surface area contributed by atoms with E-state index in [2.05, 4.69) is 4.98 Å². The summed E-state index contributed by atoms with van der Waals surface area (Å²) in [4.78, 5) is 3.99. The summed E-state index contributed by atoms with van der Waals surface area (Å²) in [7, 11) is -3.41. The molecule has 1 aliphatic heterocycles. The number of anilines is 1. The molecule has 0 saturated carbocycles. The van der Waals surface area contributed by atoms with Crippen molar-refractivity contribution in [3.63, 3.8) is 0 Å². The van der Waals surface area contributed by atoms with Gasteiger partial charge in [0, 0.05) is 12.7 Å². The standard InChI is InChI=1S/C15H15FN2O2S/c16-14-3-1-2-12(10-14)6-9-21(19,20)18-8-5-13-4-7-17-11-15(13)18/h1-4,7,10-11H,5-6,8-9H2. The Morgan fingerprint density at radius 2 is 2.14 bits per heavy atom. The highest BCUT2D eigenvalue weighted by Gasteiger charge is 2.29.